The van der Waals surface area contributed by atoms with E-state index < -0.39 is 16.5 Å². The van der Waals surface area contributed by atoms with Gasteiger partial charge in [0.05, 0.1) is 21.6 Å². The molecule has 0 spiro atoms. The summed E-state index contributed by atoms with van der Waals surface area (Å²) in [6.45, 7) is 0. The summed E-state index contributed by atoms with van der Waals surface area (Å²) in [7, 11) is 3.37. The van der Waals surface area contributed by atoms with Crippen LogP contribution in [0.4, 0.5) is 10.1 Å². The van der Waals surface area contributed by atoms with Gasteiger partial charge >= 0.3 is 0 Å². The average molecular weight is 314 g/mol. The highest BCUT2D eigenvalue weighted by Crippen LogP contribution is 2.29. The van der Waals surface area contributed by atoms with E-state index in [4.69, 9.17) is 0 Å². The molecule has 2 aromatic rings. The standard InChI is InChI=1S/C17H15FN2O3/c1-19(2)11-14(12-7-4-6-10-16(12)20(22)23)17(21)13-8-3-5-9-15(13)18/h3-11H,1-2H3/b14-11-. The second-order valence-corrected chi connectivity index (χ2v) is 5.09. The van der Waals surface area contributed by atoms with Crippen LogP contribution in [0.1, 0.15) is 15.9 Å². The van der Waals surface area contributed by atoms with Crippen LogP contribution in [0.25, 0.3) is 5.57 Å². The van der Waals surface area contributed by atoms with E-state index >= 15 is 0 Å². The maximum absolute atomic E-state index is 13.9. The van der Waals surface area contributed by atoms with E-state index in [1.165, 1.54) is 42.6 Å². The summed E-state index contributed by atoms with van der Waals surface area (Å²) in [6, 6.07) is 11.5. The van der Waals surface area contributed by atoms with Crippen LogP contribution in [-0.2, 0) is 0 Å². The average Bonchev–Trinajstić information content (AvgIpc) is 2.52. The SMILES string of the molecule is CN(C)/C=C(\C(=O)c1ccccc1F)c1ccccc1[N+](=O)[O-]. The Morgan fingerprint density at radius 2 is 1.65 bits per heavy atom. The largest absolute Gasteiger partial charge is 0.383 e. The lowest BCUT2D eigenvalue weighted by molar-refractivity contribution is -0.385. The van der Waals surface area contributed by atoms with Crippen molar-refractivity contribution in [3.05, 3.63) is 81.8 Å². The molecule has 2 rings (SSSR count). The number of nitro groups is 1. The van der Waals surface area contributed by atoms with Gasteiger partial charge in [-0.15, -0.1) is 0 Å². The first kappa shape index (κ1) is 16.4. The fourth-order valence-electron chi connectivity index (χ4n) is 2.16. The maximum Gasteiger partial charge on any atom is 0.277 e. The van der Waals surface area contributed by atoms with Gasteiger partial charge in [0.25, 0.3) is 5.69 Å². The molecular formula is C17H15FN2O3. The van der Waals surface area contributed by atoms with E-state index in [0.717, 1.165) is 0 Å². The molecule has 0 atom stereocenters. The Kier molecular flexibility index (Phi) is 4.85. The summed E-state index contributed by atoms with van der Waals surface area (Å²) >= 11 is 0. The van der Waals surface area contributed by atoms with Crippen LogP contribution >= 0.6 is 0 Å². The minimum absolute atomic E-state index is 0.0624. The fourth-order valence-corrected chi connectivity index (χ4v) is 2.16. The highest BCUT2D eigenvalue weighted by Gasteiger charge is 2.24. The third-order valence-corrected chi connectivity index (χ3v) is 3.14. The molecule has 6 heteroatoms. The number of nitro benzene ring substituents is 1. The van der Waals surface area contributed by atoms with Gasteiger partial charge in [-0.05, 0) is 18.2 Å². The van der Waals surface area contributed by atoms with Gasteiger partial charge in [-0.1, -0.05) is 24.3 Å². The van der Waals surface area contributed by atoms with E-state index in [0.29, 0.717) is 0 Å². The van der Waals surface area contributed by atoms with Gasteiger partial charge in [-0.2, -0.15) is 0 Å². The number of nitrogens with zero attached hydrogens (tertiary/aromatic N) is 2. The lowest BCUT2D eigenvalue weighted by Gasteiger charge is -2.12. The number of carbonyl (C=O) groups excluding carboxylic acids is 1. The molecule has 0 heterocycles. The molecule has 0 aliphatic rings. The number of hydrogen-bond donors (Lipinski definition) is 0. The quantitative estimate of drug-likeness (QED) is 0.366. The molecule has 2 aromatic carbocycles. The van der Waals surface area contributed by atoms with Crippen LogP contribution < -0.4 is 0 Å². The van der Waals surface area contributed by atoms with Gasteiger partial charge < -0.3 is 4.90 Å². The normalized spacial score (nSPS) is 11.2. The van der Waals surface area contributed by atoms with Crippen molar-refractivity contribution in [3.8, 4) is 0 Å². The molecule has 118 valence electrons. The number of Topliss-reactive ketones (excluding diaryl/α,β-unsaturated/α-hetero) is 1. The Labute approximate surface area is 132 Å². The van der Waals surface area contributed by atoms with Crippen molar-refractivity contribution in [2.24, 2.45) is 0 Å². The Morgan fingerprint density at radius 1 is 1.09 bits per heavy atom. The third kappa shape index (κ3) is 3.60. The molecule has 5 nitrogen and oxygen atoms in total. The second-order valence-electron chi connectivity index (χ2n) is 5.09. The van der Waals surface area contributed by atoms with Crippen LogP contribution in [0.5, 0.6) is 0 Å². The van der Waals surface area contributed by atoms with Gasteiger partial charge in [0.2, 0.25) is 0 Å². The van der Waals surface area contributed by atoms with Crippen molar-refractivity contribution < 1.29 is 14.1 Å². The molecule has 0 aliphatic heterocycles. The molecular weight excluding hydrogens is 299 g/mol. The first-order valence-corrected chi connectivity index (χ1v) is 6.83. The maximum atomic E-state index is 13.9. The Bertz CT molecular complexity index is 785. The molecule has 0 amide bonds. The Hall–Kier alpha value is -3.02. The number of benzene rings is 2. The van der Waals surface area contributed by atoms with Crippen LogP contribution in [0.2, 0.25) is 0 Å². The zero-order valence-electron chi connectivity index (χ0n) is 12.7. The lowest BCUT2D eigenvalue weighted by atomic mass is 9.96. The number of allylic oxidation sites excluding steroid dienone is 1. The summed E-state index contributed by atoms with van der Waals surface area (Å²) in [5.74, 6) is -1.27. The molecule has 0 unspecified atom stereocenters. The number of halogens is 1. The topological polar surface area (TPSA) is 63.5 Å². The van der Waals surface area contributed by atoms with Crippen LogP contribution in [0.3, 0.4) is 0 Å². The smallest absolute Gasteiger partial charge is 0.277 e. The molecule has 0 bridgehead atoms. The van der Waals surface area contributed by atoms with Crippen molar-refractivity contribution in [3.63, 3.8) is 0 Å². The summed E-state index contributed by atoms with van der Waals surface area (Å²) in [5.41, 5.74) is -0.115. The van der Waals surface area contributed by atoms with E-state index in [9.17, 15) is 19.3 Å². The molecule has 0 radical (unpaired) electrons. The van der Waals surface area contributed by atoms with Crippen LogP contribution in [0, 0.1) is 15.9 Å². The molecule has 0 aromatic heterocycles. The van der Waals surface area contributed by atoms with Gasteiger partial charge in [0.1, 0.15) is 5.82 Å². The Morgan fingerprint density at radius 3 is 2.22 bits per heavy atom. The predicted octanol–water partition coefficient (Wildman–Crippen LogP) is 3.52. The first-order valence-electron chi connectivity index (χ1n) is 6.83. The van der Waals surface area contributed by atoms with E-state index in [1.807, 2.05) is 0 Å². The van der Waals surface area contributed by atoms with Crippen molar-refractivity contribution in [1.82, 2.24) is 4.90 Å². The molecule has 23 heavy (non-hydrogen) atoms. The van der Waals surface area contributed by atoms with E-state index in [2.05, 4.69) is 0 Å². The number of ketones is 1. The second kappa shape index (κ2) is 6.83. The summed E-state index contributed by atoms with van der Waals surface area (Å²) in [5, 5.41) is 11.2. The zero-order valence-corrected chi connectivity index (χ0v) is 12.7. The van der Waals surface area contributed by atoms with Gasteiger partial charge in [-0.3, -0.25) is 14.9 Å². The zero-order chi connectivity index (χ0) is 17.0. The fraction of sp³-hybridized carbons (Fsp3) is 0.118. The summed E-state index contributed by atoms with van der Waals surface area (Å²) in [6.07, 6.45) is 1.46. The predicted molar refractivity (Wildman–Crippen MR) is 85.5 cm³/mol. The van der Waals surface area contributed by atoms with Crippen LogP contribution in [-0.4, -0.2) is 29.7 Å². The molecule has 0 saturated carbocycles. The van der Waals surface area contributed by atoms with Gasteiger partial charge in [0, 0.05) is 26.4 Å². The number of carbonyl (C=O) groups is 1. The summed E-state index contributed by atoms with van der Waals surface area (Å²) in [4.78, 5) is 25.0. The van der Waals surface area contributed by atoms with Gasteiger partial charge in [-0.25, -0.2) is 4.39 Å². The van der Waals surface area contributed by atoms with Gasteiger partial charge in [0.15, 0.2) is 5.78 Å². The highest BCUT2D eigenvalue weighted by molar-refractivity contribution is 6.29. The molecule has 0 aliphatic carbocycles. The molecule has 0 N–H and O–H groups in total. The van der Waals surface area contributed by atoms with Crippen molar-refractivity contribution >= 4 is 17.0 Å². The minimum atomic E-state index is -0.666. The Balaban J connectivity index is 2.63. The van der Waals surface area contributed by atoms with E-state index in [1.54, 1.807) is 31.1 Å². The minimum Gasteiger partial charge on any atom is -0.383 e. The molecule has 0 fully saturated rings. The summed E-state index contributed by atoms with van der Waals surface area (Å²) < 4.78 is 13.9. The monoisotopic (exact) mass is 314 g/mol. The number of rotatable bonds is 5. The van der Waals surface area contributed by atoms with Crippen molar-refractivity contribution in [2.75, 3.05) is 14.1 Å². The number of para-hydroxylation sites is 1. The van der Waals surface area contributed by atoms with Crippen molar-refractivity contribution in [1.29, 1.82) is 0 Å². The molecule has 0 saturated heterocycles. The van der Waals surface area contributed by atoms with Crippen molar-refractivity contribution in [2.45, 2.75) is 0 Å². The number of hydrogen-bond acceptors (Lipinski definition) is 4. The first-order chi connectivity index (χ1) is 10.9. The van der Waals surface area contributed by atoms with Crippen LogP contribution in [0.15, 0.2) is 54.7 Å². The highest BCUT2D eigenvalue weighted by atomic mass is 19.1. The van der Waals surface area contributed by atoms with E-state index in [-0.39, 0.29) is 22.4 Å². The third-order valence-electron chi connectivity index (χ3n) is 3.14. The lowest BCUT2D eigenvalue weighted by Crippen LogP contribution is -2.11.